The van der Waals surface area contributed by atoms with E-state index in [2.05, 4.69) is 0 Å². The van der Waals surface area contributed by atoms with E-state index in [1.54, 1.807) is 6.92 Å². The lowest BCUT2D eigenvalue weighted by atomic mass is 10.5. The second-order valence-electron chi connectivity index (χ2n) is 2.72. The van der Waals surface area contributed by atoms with Crippen LogP contribution in [0.5, 0.6) is 0 Å². The van der Waals surface area contributed by atoms with E-state index >= 15 is 0 Å². The molecule has 1 atom stereocenters. The number of ether oxygens (including phenoxy) is 1. The van der Waals surface area contributed by atoms with Crippen LogP contribution < -0.4 is 0 Å². The molecule has 1 fully saturated rings. The van der Waals surface area contributed by atoms with Crippen molar-refractivity contribution in [3.63, 3.8) is 0 Å². The molecule has 5 heteroatoms. The molecule has 0 aromatic carbocycles. The van der Waals surface area contributed by atoms with Crippen LogP contribution >= 0.6 is 7.72 Å². The lowest BCUT2D eigenvalue weighted by molar-refractivity contribution is -0.140. The van der Waals surface area contributed by atoms with Crippen molar-refractivity contribution in [1.29, 1.82) is 0 Å². The summed E-state index contributed by atoms with van der Waals surface area (Å²) < 4.78 is 9.84. The first-order valence-electron chi connectivity index (χ1n) is 4.06. The van der Waals surface area contributed by atoms with E-state index in [1.165, 1.54) is 0 Å². The first-order valence-corrected chi connectivity index (χ1v) is 6.09. The average Bonchev–Trinajstić information content (AvgIpc) is 2.36. The maximum absolute atomic E-state index is 11.0. The normalized spacial score (nSPS) is 28.8. The zero-order valence-corrected chi connectivity index (χ0v) is 8.05. The van der Waals surface area contributed by atoms with Crippen molar-refractivity contribution in [3.8, 4) is 0 Å². The van der Waals surface area contributed by atoms with Crippen LogP contribution in [0, 0.1) is 0 Å². The average molecular weight is 193 g/mol. The molecule has 71 valence electrons. The molecule has 1 N–H and O–H groups in total. The summed E-state index contributed by atoms with van der Waals surface area (Å²) in [6.45, 7) is 2.68. The van der Waals surface area contributed by atoms with Gasteiger partial charge in [0, 0.05) is 6.16 Å². The number of rotatable bonds is 3. The van der Waals surface area contributed by atoms with Gasteiger partial charge in [-0.1, -0.05) is 0 Å². The van der Waals surface area contributed by atoms with Gasteiger partial charge >= 0.3 is 5.97 Å². The van der Waals surface area contributed by atoms with Crippen LogP contribution in [-0.4, -0.2) is 36.4 Å². The minimum Gasteiger partial charge on any atom is -0.466 e. The lowest BCUT2D eigenvalue weighted by Gasteiger charge is -2.21. The van der Waals surface area contributed by atoms with Gasteiger partial charge in [0.25, 0.3) is 0 Å². The number of esters is 1. The van der Waals surface area contributed by atoms with Crippen molar-refractivity contribution >= 4 is 13.7 Å². The highest BCUT2D eigenvalue weighted by Gasteiger charge is 2.33. The van der Waals surface area contributed by atoms with Gasteiger partial charge in [-0.25, -0.2) is 0 Å². The Balaban J connectivity index is 2.33. The Hall–Kier alpha value is -0.180. The van der Waals surface area contributed by atoms with Gasteiger partial charge in [0.1, 0.15) is 13.9 Å². The van der Waals surface area contributed by atoms with Gasteiger partial charge in [0.15, 0.2) is 0 Å². The summed E-state index contributed by atoms with van der Waals surface area (Å²) in [6, 6.07) is 0. The predicted octanol–water partition coefficient (Wildman–Crippen LogP) is 0.810. The topological polar surface area (TPSA) is 55.8 Å². The number of hydrogen-bond donors (Lipinski definition) is 1. The third kappa shape index (κ3) is 2.70. The van der Waals surface area contributed by atoms with Gasteiger partial charge in [-0.3, -0.25) is 4.79 Å². The molecular weight excluding hydrogens is 179 g/mol. The molecule has 1 aliphatic rings. The molecule has 0 saturated carbocycles. The Morgan fingerprint density at radius 1 is 1.75 bits per heavy atom. The molecule has 0 spiro atoms. The van der Waals surface area contributed by atoms with E-state index in [1.807, 2.05) is 0 Å². The molecule has 1 saturated heterocycles. The standard InChI is InChI=1S/C7H14O4P/c1-2-10-7(8)6-12(9)5-3-4-11-12/h9H,2-6H2,1H3. The zero-order valence-electron chi connectivity index (χ0n) is 7.15. The minimum atomic E-state index is -2.38. The van der Waals surface area contributed by atoms with Gasteiger partial charge < -0.3 is 14.2 Å². The van der Waals surface area contributed by atoms with Crippen molar-refractivity contribution in [2.24, 2.45) is 0 Å². The fourth-order valence-electron chi connectivity index (χ4n) is 1.14. The van der Waals surface area contributed by atoms with Crippen molar-refractivity contribution in [3.05, 3.63) is 0 Å². The first-order chi connectivity index (χ1) is 5.66. The van der Waals surface area contributed by atoms with E-state index in [4.69, 9.17) is 9.26 Å². The second kappa shape index (κ2) is 4.17. The Bertz CT molecular complexity index is 165. The Kier molecular flexibility index (Phi) is 3.44. The predicted molar refractivity (Wildman–Crippen MR) is 46.1 cm³/mol. The van der Waals surface area contributed by atoms with Gasteiger partial charge in [-0.05, 0) is 13.3 Å². The highest BCUT2D eigenvalue weighted by molar-refractivity contribution is 7.66. The fraction of sp³-hybridized carbons (Fsp3) is 0.857. The van der Waals surface area contributed by atoms with Gasteiger partial charge in [0.05, 0.1) is 13.2 Å². The largest absolute Gasteiger partial charge is 0.466 e. The quantitative estimate of drug-likeness (QED) is 0.532. The Morgan fingerprint density at radius 2 is 2.50 bits per heavy atom. The first kappa shape index (κ1) is 9.90. The van der Waals surface area contributed by atoms with Crippen LogP contribution in [-0.2, 0) is 14.1 Å². The van der Waals surface area contributed by atoms with E-state index in [-0.39, 0.29) is 12.1 Å². The van der Waals surface area contributed by atoms with E-state index in [0.717, 1.165) is 6.42 Å². The molecule has 1 unspecified atom stereocenters. The van der Waals surface area contributed by atoms with Crippen LogP contribution in [0.25, 0.3) is 0 Å². The van der Waals surface area contributed by atoms with Crippen molar-refractivity contribution < 1.29 is 18.9 Å². The van der Waals surface area contributed by atoms with Gasteiger partial charge in [-0.2, -0.15) is 0 Å². The lowest BCUT2D eigenvalue weighted by Crippen LogP contribution is -2.13. The molecule has 4 nitrogen and oxygen atoms in total. The van der Waals surface area contributed by atoms with Crippen LogP contribution in [0.4, 0.5) is 0 Å². The molecule has 1 radical (unpaired) electrons. The number of hydrogen-bond acceptors (Lipinski definition) is 4. The summed E-state index contributed by atoms with van der Waals surface area (Å²) in [4.78, 5) is 20.6. The molecule has 0 bridgehead atoms. The van der Waals surface area contributed by atoms with E-state index < -0.39 is 7.72 Å². The third-order valence-electron chi connectivity index (χ3n) is 1.66. The Morgan fingerprint density at radius 3 is 3.00 bits per heavy atom. The molecule has 1 heterocycles. The highest BCUT2D eigenvalue weighted by atomic mass is 31.2. The monoisotopic (exact) mass is 193 g/mol. The molecule has 0 amide bonds. The summed E-state index contributed by atoms with van der Waals surface area (Å²) >= 11 is 0. The second-order valence-corrected chi connectivity index (χ2v) is 5.43. The van der Waals surface area contributed by atoms with Gasteiger partial charge in [0.2, 0.25) is 0 Å². The molecule has 1 rings (SSSR count). The number of carbonyl (C=O) groups is 1. The van der Waals surface area contributed by atoms with E-state index in [0.29, 0.717) is 19.4 Å². The third-order valence-corrected chi connectivity index (χ3v) is 4.10. The summed E-state index contributed by atoms with van der Waals surface area (Å²) in [5.41, 5.74) is 0. The summed E-state index contributed by atoms with van der Waals surface area (Å²) in [5.74, 6) is -0.352. The molecule has 0 aliphatic carbocycles. The van der Waals surface area contributed by atoms with Crippen molar-refractivity contribution in [2.45, 2.75) is 13.3 Å². The molecule has 12 heavy (non-hydrogen) atoms. The Labute approximate surface area is 72.4 Å². The zero-order chi connectivity index (χ0) is 9.03. The summed E-state index contributed by atoms with van der Waals surface area (Å²) in [5, 5.41) is 0. The molecular formula is C7H14O4P. The summed E-state index contributed by atoms with van der Waals surface area (Å²) in [6.07, 6.45) is 1.54. The van der Waals surface area contributed by atoms with Gasteiger partial charge in [-0.15, -0.1) is 0 Å². The molecule has 1 aliphatic heterocycles. The minimum absolute atomic E-state index is 0.0564. The smallest absolute Gasteiger partial charge is 0.314 e. The maximum atomic E-state index is 11.0. The van der Waals surface area contributed by atoms with Crippen molar-refractivity contribution in [2.75, 3.05) is 25.5 Å². The van der Waals surface area contributed by atoms with E-state index in [9.17, 15) is 9.69 Å². The molecule has 0 aromatic rings. The SMILES string of the molecule is CCOC(=O)C[P]1(O)CCCO1. The van der Waals surface area contributed by atoms with Crippen molar-refractivity contribution in [1.82, 2.24) is 0 Å². The number of carbonyl (C=O) groups excluding carboxylic acids is 1. The maximum Gasteiger partial charge on any atom is 0.314 e. The van der Waals surface area contributed by atoms with Crippen LogP contribution in [0.1, 0.15) is 13.3 Å². The van der Waals surface area contributed by atoms with Crippen LogP contribution in [0.15, 0.2) is 0 Å². The molecule has 0 aromatic heterocycles. The summed E-state index contributed by atoms with van der Waals surface area (Å²) in [7, 11) is -2.38. The van der Waals surface area contributed by atoms with Crippen LogP contribution in [0.2, 0.25) is 0 Å². The van der Waals surface area contributed by atoms with Crippen LogP contribution in [0.3, 0.4) is 0 Å². The fourth-order valence-corrected chi connectivity index (χ4v) is 3.11. The highest BCUT2D eigenvalue weighted by Crippen LogP contribution is 2.59.